The Kier molecular flexibility index (Phi) is 6.78. The van der Waals surface area contributed by atoms with Gasteiger partial charge in [-0.2, -0.15) is 13.5 Å². The first-order valence-electron chi connectivity index (χ1n) is 8.29. The highest BCUT2D eigenvalue weighted by Crippen LogP contribution is 2.34. The summed E-state index contributed by atoms with van der Waals surface area (Å²) in [7, 11) is -3.79. The number of ether oxygens (including phenoxy) is 1. The number of nitrogens with one attached hydrogen (secondary N) is 1. The van der Waals surface area contributed by atoms with Gasteiger partial charge in [-0.25, -0.2) is 4.83 Å². The Labute approximate surface area is 170 Å². The monoisotopic (exact) mass is 428 g/mol. The molecule has 0 aliphatic carbocycles. The van der Waals surface area contributed by atoms with Crippen molar-refractivity contribution in [1.82, 2.24) is 4.83 Å². The standard InChI is InChI=1S/C19H22Cl2N2O3S/c1-11(2)26-18-16(20)8-15(9-17(18)21)10-22-23-27(24,25)19-13(4)6-12(3)7-14(19)5/h6-11,23H,1-5H3/b22-10+. The van der Waals surface area contributed by atoms with Crippen LogP contribution in [0.5, 0.6) is 5.75 Å². The fraction of sp³-hybridized carbons (Fsp3) is 0.316. The molecule has 0 atom stereocenters. The zero-order valence-electron chi connectivity index (χ0n) is 15.8. The van der Waals surface area contributed by atoms with Gasteiger partial charge >= 0.3 is 0 Å². The number of aryl methyl sites for hydroxylation is 3. The highest BCUT2D eigenvalue weighted by Gasteiger charge is 2.19. The van der Waals surface area contributed by atoms with Gasteiger partial charge in [0.05, 0.1) is 27.3 Å². The third-order valence-corrected chi connectivity index (χ3v) is 5.72. The van der Waals surface area contributed by atoms with Gasteiger partial charge in [0, 0.05) is 0 Å². The Hall–Kier alpha value is -1.76. The molecule has 0 spiro atoms. The lowest BCUT2D eigenvalue weighted by molar-refractivity contribution is 0.243. The fourth-order valence-corrected chi connectivity index (χ4v) is 4.65. The van der Waals surface area contributed by atoms with Gasteiger partial charge in [0.2, 0.25) is 0 Å². The molecule has 2 aromatic carbocycles. The second-order valence-electron chi connectivity index (χ2n) is 6.56. The normalized spacial score (nSPS) is 12.0. The van der Waals surface area contributed by atoms with Gasteiger partial charge in [-0.3, -0.25) is 0 Å². The van der Waals surface area contributed by atoms with E-state index in [-0.39, 0.29) is 11.0 Å². The van der Waals surface area contributed by atoms with Gasteiger partial charge in [0.25, 0.3) is 10.0 Å². The number of hydrogen-bond donors (Lipinski definition) is 1. The van der Waals surface area contributed by atoms with Crippen LogP contribution in [0.3, 0.4) is 0 Å². The van der Waals surface area contributed by atoms with E-state index in [0.29, 0.717) is 32.5 Å². The van der Waals surface area contributed by atoms with Crippen LogP contribution < -0.4 is 9.57 Å². The van der Waals surface area contributed by atoms with E-state index in [1.54, 1.807) is 26.0 Å². The second kappa shape index (κ2) is 8.50. The van der Waals surface area contributed by atoms with Crippen molar-refractivity contribution in [2.75, 3.05) is 0 Å². The van der Waals surface area contributed by atoms with Gasteiger partial charge in [-0.1, -0.05) is 40.9 Å². The molecule has 0 radical (unpaired) electrons. The van der Waals surface area contributed by atoms with Gasteiger partial charge < -0.3 is 4.74 Å². The lowest BCUT2D eigenvalue weighted by Gasteiger charge is -2.13. The minimum Gasteiger partial charge on any atom is -0.488 e. The molecular weight excluding hydrogens is 407 g/mol. The summed E-state index contributed by atoms with van der Waals surface area (Å²) in [4.78, 5) is 2.46. The summed E-state index contributed by atoms with van der Waals surface area (Å²) >= 11 is 12.4. The molecule has 0 aliphatic rings. The summed E-state index contributed by atoms with van der Waals surface area (Å²) in [6, 6.07) is 6.84. The summed E-state index contributed by atoms with van der Waals surface area (Å²) in [5.41, 5.74) is 2.87. The van der Waals surface area contributed by atoms with Crippen molar-refractivity contribution < 1.29 is 13.2 Å². The molecule has 0 unspecified atom stereocenters. The number of benzene rings is 2. The molecule has 0 fully saturated rings. The summed E-state index contributed by atoms with van der Waals surface area (Å²) in [6.07, 6.45) is 1.26. The maximum atomic E-state index is 12.6. The van der Waals surface area contributed by atoms with Crippen LogP contribution in [0.4, 0.5) is 0 Å². The number of halogens is 2. The van der Waals surface area contributed by atoms with Crippen LogP contribution in [0, 0.1) is 20.8 Å². The Balaban J connectivity index is 2.25. The highest BCUT2D eigenvalue weighted by atomic mass is 35.5. The second-order valence-corrected chi connectivity index (χ2v) is 8.97. The molecule has 0 saturated heterocycles. The molecule has 0 bridgehead atoms. The van der Waals surface area contributed by atoms with E-state index in [2.05, 4.69) is 9.93 Å². The Morgan fingerprint density at radius 2 is 1.56 bits per heavy atom. The molecule has 0 aromatic heterocycles. The van der Waals surface area contributed by atoms with E-state index in [1.165, 1.54) is 6.21 Å². The summed E-state index contributed by atoms with van der Waals surface area (Å²) in [5.74, 6) is 0.386. The first-order valence-corrected chi connectivity index (χ1v) is 10.5. The topological polar surface area (TPSA) is 67.8 Å². The minimum atomic E-state index is -3.79. The minimum absolute atomic E-state index is 0.0766. The molecular formula is C19H22Cl2N2O3S. The highest BCUT2D eigenvalue weighted by molar-refractivity contribution is 7.89. The summed E-state index contributed by atoms with van der Waals surface area (Å²) in [6.45, 7) is 9.16. The predicted molar refractivity (Wildman–Crippen MR) is 111 cm³/mol. The quantitative estimate of drug-likeness (QED) is 0.518. The van der Waals surface area contributed by atoms with E-state index in [0.717, 1.165) is 5.56 Å². The van der Waals surface area contributed by atoms with Crippen LogP contribution in [0.2, 0.25) is 10.0 Å². The van der Waals surface area contributed by atoms with E-state index >= 15 is 0 Å². The van der Waals surface area contributed by atoms with Crippen LogP contribution in [-0.2, 0) is 10.0 Å². The number of nitrogens with zero attached hydrogens (tertiary/aromatic N) is 1. The summed E-state index contributed by atoms with van der Waals surface area (Å²) < 4.78 is 30.7. The van der Waals surface area contributed by atoms with Crippen LogP contribution >= 0.6 is 23.2 Å². The lowest BCUT2D eigenvalue weighted by atomic mass is 10.1. The molecule has 0 aliphatic heterocycles. The Bertz CT molecular complexity index is 940. The van der Waals surface area contributed by atoms with Gasteiger partial charge in [0.15, 0.2) is 5.75 Å². The van der Waals surface area contributed by atoms with E-state index in [1.807, 2.05) is 32.9 Å². The third kappa shape index (κ3) is 5.37. The maximum Gasteiger partial charge on any atom is 0.277 e. The van der Waals surface area contributed by atoms with Crippen molar-refractivity contribution in [1.29, 1.82) is 0 Å². The molecule has 146 valence electrons. The molecule has 0 amide bonds. The molecule has 0 saturated carbocycles. The first-order chi connectivity index (χ1) is 12.5. The van der Waals surface area contributed by atoms with Crippen LogP contribution in [0.15, 0.2) is 34.3 Å². The zero-order chi connectivity index (χ0) is 20.4. The maximum absolute atomic E-state index is 12.6. The molecule has 27 heavy (non-hydrogen) atoms. The predicted octanol–water partition coefficient (Wildman–Crippen LogP) is 5.02. The average Bonchev–Trinajstić information content (AvgIpc) is 2.49. The Morgan fingerprint density at radius 1 is 1.04 bits per heavy atom. The van der Waals surface area contributed by atoms with E-state index in [9.17, 15) is 8.42 Å². The molecule has 2 aromatic rings. The lowest BCUT2D eigenvalue weighted by Crippen LogP contribution is -2.20. The van der Waals surface area contributed by atoms with Crippen molar-refractivity contribution in [3.8, 4) is 5.75 Å². The van der Waals surface area contributed by atoms with Gasteiger partial charge in [-0.05, 0) is 63.4 Å². The molecule has 1 N–H and O–H groups in total. The van der Waals surface area contributed by atoms with Crippen LogP contribution in [-0.4, -0.2) is 20.7 Å². The van der Waals surface area contributed by atoms with Crippen molar-refractivity contribution in [2.45, 2.75) is 45.6 Å². The van der Waals surface area contributed by atoms with Crippen LogP contribution in [0.25, 0.3) is 0 Å². The number of sulfonamides is 1. The molecule has 5 nitrogen and oxygen atoms in total. The smallest absolute Gasteiger partial charge is 0.277 e. The van der Waals surface area contributed by atoms with Gasteiger partial charge in [0.1, 0.15) is 0 Å². The first kappa shape index (κ1) is 21.5. The molecule has 0 heterocycles. The van der Waals surface area contributed by atoms with Crippen molar-refractivity contribution in [2.24, 2.45) is 5.10 Å². The van der Waals surface area contributed by atoms with E-state index < -0.39 is 10.0 Å². The SMILES string of the molecule is Cc1cc(C)c(S(=O)(=O)N/N=C/c2cc(Cl)c(OC(C)C)c(Cl)c2)c(C)c1. The largest absolute Gasteiger partial charge is 0.488 e. The fourth-order valence-electron chi connectivity index (χ4n) is 2.81. The van der Waals surface area contributed by atoms with Gasteiger partial charge in [-0.15, -0.1) is 0 Å². The van der Waals surface area contributed by atoms with Crippen molar-refractivity contribution in [3.05, 3.63) is 56.6 Å². The van der Waals surface area contributed by atoms with Crippen molar-refractivity contribution in [3.63, 3.8) is 0 Å². The number of hydrazone groups is 1. The van der Waals surface area contributed by atoms with E-state index in [4.69, 9.17) is 27.9 Å². The number of rotatable bonds is 6. The van der Waals surface area contributed by atoms with Crippen molar-refractivity contribution >= 4 is 39.4 Å². The zero-order valence-corrected chi connectivity index (χ0v) is 18.1. The molecule has 8 heteroatoms. The Morgan fingerprint density at radius 3 is 2.04 bits per heavy atom. The number of hydrogen-bond acceptors (Lipinski definition) is 4. The third-order valence-electron chi connectivity index (χ3n) is 3.63. The van der Waals surface area contributed by atoms with Crippen LogP contribution in [0.1, 0.15) is 36.1 Å². The average molecular weight is 429 g/mol. The molecule has 2 rings (SSSR count). The summed E-state index contributed by atoms with van der Waals surface area (Å²) in [5, 5.41) is 4.50.